The van der Waals surface area contributed by atoms with Crippen LogP contribution < -0.4 is 4.74 Å². The van der Waals surface area contributed by atoms with Crippen molar-refractivity contribution in [2.75, 3.05) is 0 Å². The van der Waals surface area contributed by atoms with Crippen LogP contribution >= 0.6 is 15.9 Å². The molecule has 0 amide bonds. The molecule has 0 N–H and O–H groups in total. The Morgan fingerprint density at radius 1 is 1.22 bits per heavy atom. The minimum atomic E-state index is -4.30. The highest BCUT2D eigenvalue weighted by molar-refractivity contribution is 9.09. The number of hydrogen-bond acceptors (Lipinski definition) is 1. The molecule has 100 valence electrons. The van der Waals surface area contributed by atoms with Gasteiger partial charge in [-0.2, -0.15) is 13.2 Å². The van der Waals surface area contributed by atoms with Gasteiger partial charge in [0, 0.05) is 10.2 Å². The summed E-state index contributed by atoms with van der Waals surface area (Å²) >= 11 is 3.54. The molecule has 2 atom stereocenters. The third-order valence-electron chi connectivity index (χ3n) is 3.52. The van der Waals surface area contributed by atoms with E-state index in [0.717, 1.165) is 18.6 Å². The molecule has 1 aromatic rings. The average molecular weight is 323 g/mol. The van der Waals surface area contributed by atoms with Gasteiger partial charge in [0.15, 0.2) is 0 Å². The van der Waals surface area contributed by atoms with E-state index in [4.69, 9.17) is 4.74 Å². The van der Waals surface area contributed by atoms with Crippen molar-refractivity contribution < 1.29 is 17.9 Å². The maximum absolute atomic E-state index is 12.4. The first kappa shape index (κ1) is 13.7. The van der Waals surface area contributed by atoms with Crippen molar-refractivity contribution in [2.45, 2.75) is 37.4 Å². The van der Waals surface area contributed by atoms with Crippen LogP contribution in [0.25, 0.3) is 0 Å². The molecule has 2 unspecified atom stereocenters. The van der Waals surface area contributed by atoms with Crippen LogP contribution in [-0.4, -0.2) is 10.9 Å². The summed E-state index contributed by atoms with van der Waals surface area (Å²) in [6.07, 6.45) is -3.39. The fraction of sp³-hybridized carbons (Fsp3) is 0.538. The zero-order valence-electron chi connectivity index (χ0n) is 10.1. The van der Waals surface area contributed by atoms with Gasteiger partial charge < -0.3 is 4.74 Å². The molecule has 1 aromatic carbocycles. The second-order valence-electron chi connectivity index (χ2n) is 5.15. The lowest BCUT2D eigenvalue weighted by atomic mass is 9.69. The van der Waals surface area contributed by atoms with E-state index in [1.807, 2.05) is 0 Å². The smallest absolute Gasteiger partial charge is 0.416 e. The molecular formula is C13H14BrF3O. The molecule has 0 aromatic heterocycles. The summed E-state index contributed by atoms with van der Waals surface area (Å²) in [6, 6.07) is 4.85. The summed E-state index contributed by atoms with van der Waals surface area (Å²) in [4.78, 5) is 0.393. The van der Waals surface area contributed by atoms with Gasteiger partial charge in [0.05, 0.1) is 5.56 Å². The highest BCUT2D eigenvalue weighted by Gasteiger charge is 2.48. The quantitative estimate of drug-likeness (QED) is 0.720. The summed E-state index contributed by atoms with van der Waals surface area (Å²) in [5, 5.41) is 0. The highest BCUT2D eigenvalue weighted by Crippen LogP contribution is 2.47. The van der Waals surface area contributed by atoms with Crippen LogP contribution in [0, 0.1) is 5.41 Å². The maximum Gasteiger partial charge on any atom is 0.416 e. The van der Waals surface area contributed by atoms with Crippen LogP contribution in [0.15, 0.2) is 24.3 Å². The van der Waals surface area contributed by atoms with Crippen molar-refractivity contribution in [1.82, 2.24) is 0 Å². The van der Waals surface area contributed by atoms with Crippen LogP contribution in [0.5, 0.6) is 5.75 Å². The van der Waals surface area contributed by atoms with Gasteiger partial charge in [-0.3, -0.25) is 0 Å². The predicted octanol–water partition coefficient (Wildman–Crippen LogP) is 4.65. The molecule has 2 rings (SSSR count). The third-order valence-corrected chi connectivity index (χ3v) is 5.07. The van der Waals surface area contributed by atoms with E-state index in [2.05, 4.69) is 29.8 Å². The molecule has 1 aliphatic carbocycles. The van der Waals surface area contributed by atoms with Gasteiger partial charge in [0.2, 0.25) is 0 Å². The Balaban J connectivity index is 2.04. The predicted molar refractivity (Wildman–Crippen MR) is 67.0 cm³/mol. The van der Waals surface area contributed by atoms with E-state index < -0.39 is 11.7 Å². The Morgan fingerprint density at radius 3 is 2.17 bits per heavy atom. The minimum Gasteiger partial charge on any atom is -0.490 e. The Labute approximate surface area is 112 Å². The van der Waals surface area contributed by atoms with Gasteiger partial charge in [-0.05, 0) is 30.7 Å². The van der Waals surface area contributed by atoms with Gasteiger partial charge in [-0.15, -0.1) is 0 Å². The average Bonchev–Trinajstić information content (AvgIpc) is 2.28. The fourth-order valence-electron chi connectivity index (χ4n) is 1.92. The Morgan fingerprint density at radius 2 is 1.78 bits per heavy atom. The lowest BCUT2D eigenvalue weighted by Gasteiger charge is -2.48. The van der Waals surface area contributed by atoms with Crippen molar-refractivity contribution in [3.8, 4) is 5.75 Å². The number of rotatable bonds is 2. The Hall–Kier alpha value is -0.710. The molecular weight excluding hydrogens is 309 g/mol. The van der Waals surface area contributed by atoms with E-state index in [-0.39, 0.29) is 11.5 Å². The van der Waals surface area contributed by atoms with E-state index in [1.54, 1.807) is 0 Å². The van der Waals surface area contributed by atoms with Gasteiger partial charge in [0.25, 0.3) is 0 Å². The number of hydrogen-bond donors (Lipinski definition) is 0. The first-order valence-corrected chi connectivity index (χ1v) is 6.61. The summed E-state index contributed by atoms with van der Waals surface area (Å²) in [6.45, 7) is 4.15. The molecule has 1 fully saturated rings. The second-order valence-corrected chi connectivity index (χ2v) is 6.26. The number of alkyl halides is 4. The molecule has 1 aliphatic rings. The first-order valence-electron chi connectivity index (χ1n) is 5.69. The van der Waals surface area contributed by atoms with Gasteiger partial charge in [-0.1, -0.05) is 29.8 Å². The molecule has 1 saturated carbocycles. The molecule has 0 spiro atoms. The van der Waals surface area contributed by atoms with Crippen LogP contribution in [0.4, 0.5) is 13.2 Å². The number of ether oxygens (including phenoxy) is 1. The van der Waals surface area contributed by atoms with E-state index in [1.165, 1.54) is 12.1 Å². The highest BCUT2D eigenvalue weighted by atomic mass is 79.9. The maximum atomic E-state index is 12.4. The molecule has 0 bridgehead atoms. The number of benzene rings is 1. The summed E-state index contributed by atoms with van der Waals surface area (Å²) < 4.78 is 42.9. The standard InChI is InChI=1S/C13H14BrF3O/c1-12(2)10(14)7-11(12)18-9-5-3-8(4-6-9)13(15,16)17/h3-6,10-11H,7H2,1-2H3. The Kier molecular flexibility index (Phi) is 3.38. The summed E-state index contributed by atoms with van der Waals surface area (Å²) in [5.41, 5.74) is -0.649. The van der Waals surface area contributed by atoms with E-state index in [0.29, 0.717) is 10.6 Å². The fourth-order valence-corrected chi connectivity index (χ4v) is 2.56. The summed E-state index contributed by atoms with van der Waals surface area (Å²) in [7, 11) is 0. The van der Waals surface area contributed by atoms with Crippen molar-refractivity contribution in [3.05, 3.63) is 29.8 Å². The molecule has 0 radical (unpaired) electrons. The normalized spacial score (nSPS) is 26.6. The van der Waals surface area contributed by atoms with Crippen LogP contribution in [0.2, 0.25) is 0 Å². The second kappa shape index (κ2) is 4.44. The SMILES string of the molecule is CC1(C)C(Br)CC1Oc1ccc(C(F)(F)F)cc1. The van der Waals surface area contributed by atoms with Crippen molar-refractivity contribution in [1.29, 1.82) is 0 Å². The molecule has 5 heteroatoms. The molecule has 1 nitrogen and oxygen atoms in total. The monoisotopic (exact) mass is 322 g/mol. The van der Waals surface area contributed by atoms with Crippen molar-refractivity contribution in [3.63, 3.8) is 0 Å². The zero-order chi connectivity index (χ0) is 13.6. The molecule has 0 heterocycles. The third kappa shape index (κ3) is 2.51. The molecule has 0 saturated heterocycles. The summed E-state index contributed by atoms with van der Waals surface area (Å²) in [5.74, 6) is 0.487. The largest absolute Gasteiger partial charge is 0.490 e. The first-order chi connectivity index (χ1) is 8.21. The van der Waals surface area contributed by atoms with Crippen LogP contribution in [0.1, 0.15) is 25.8 Å². The number of halogens is 4. The van der Waals surface area contributed by atoms with Gasteiger partial charge in [0.1, 0.15) is 11.9 Å². The van der Waals surface area contributed by atoms with Crippen molar-refractivity contribution in [2.24, 2.45) is 5.41 Å². The van der Waals surface area contributed by atoms with Crippen LogP contribution in [0.3, 0.4) is 0 Å². The topological polar surface area (TPSA) is 9.23 Å². The molecule has 18 heavy (non-hydrogen) atoms. The Bertz CT molecular complexity index is 425. The van der Waals surface area contributed by atoms with Gasteiger partial charge >= 0.3 is 6.18 Å². The molecule has 0 aliphatic heterocycles. The van der Waals surface area contributed by atoms with E-state index >= 15 is 0 Å². The van der Waals surface area contributed by atoms with Gasteiger partial charge in [-0.25, -0.2) is 0 Å². The lowest BCUT2D eigenvalue weighted by Crippen LogP contribution is -2.53. The van der Waals surface area contributed by atoms with Crippen LogP contribution in [-0.2, 0) is 6.18 Å². The van der Waals surface area contributed by atoms with Crippen molar-refractivity contribution >= 4 is 15.9 Å². The minimum absolute atomic E-state index is 0.00268. The lowest BCUT2D eigenvalue weighted by molar-refractivity contribution is -0.137. The van der Waals surface area contributed by atoms with E-state index in [9.17, 15) is 13.2 Å². The zero-order valence-corrected chi connectivity index (χ0v) is 11.7.